The summed E-state index contributed by atoms with van der Waals surface area (Å²) >= 11 is 0. The van der Waals surface area contributed by atoms with Crippen LogP contribution in [0, 0.1) is 5.92 Å². The van der Waals surface area contributed by atoms with E-state index in [-0.39, 0.29) is 44.3 Å². The molecule has 0 unspecified atom stereocenters. The second-order valence-corrected chi connectivity index (χ2v) is 17.2. The van der Waals surface area contributed by atoms with Crippen molar-refractivity contribution in [3.8, 4) is 0 Å². The van der Waals surface area contributed by atoms with Gasteiger partial charge in [-0.15, -0.1) is 0 Å². The zero-order valence-corrected chi connectivity index (χ0v) is 32.7. The van der Waals surface area contributed by atoms with Gasteiger partial charge in [-0.1, -0.05) is 50.2 Å². The van der Waals surface area contributed by atoms with Crippen molar-refractivity contribution in [3.63, 3.8) is 0 Å². The Balaban J connectivity index is 1.36. The summed E-state index contributed by atoms with van der Waals surface area (Å²) in [6.07, 6.45) is 3.50. The van der Waals surface area contributed by atoms with Crippen molar-refractivity contribution in [2.75, 3.05) is 18.6 Å². The van der Waals surface area contributed by atoms with Crippen LogP contribution in [0.15, 0.2) is 67.1 Å². The molecule has 2 atom stereocenters. The third-order valence-corrected chi connectivity index (χ3v) is 11.8. The second kappa shape index (κ2) is 20.1. The highest BCUT2D eigenvalue weighted by atomic mass is 31.2. The largest absolute Gasteiger partial charge is 0.481 e. The molecule has 2 heterocycles. The quantitative estimate of drug-likeness (QED) is 0.0585. The lowest BCUT2D eigenvalue weighted by Gasteiger charge is -2.27. The Morgan fingerprint density at radius 1 is 0.929 bits per heavy atom. The van der Waals surface area contributed by atoms with Crippen molar-refractivity contribution < 1.29 is 61.9 Å². The minimum Gasteiger partial charge on any atom is -0.449 e. The topological polar surface area (TPSA) is 276 Å². The van der Waals surface area contributed by atoms with Crippen LogP contribution >= 0.6 is 15.2 Å². The summed E-state index contributed by atoms with van der Waals surface area (Å²) in [6.45, 7) is 3.90. The number of fused-ring (bicyclic) bond motifs is 1. The number of rotatable bonds is 17. The third-order valence-electron chi connectivity index (χ3n) is 8.44. The van der Waals surface area contributed by atoms with E-state index in [0.717, 1.165) is 11.1 Å². The molecule has 0 fully saturated rings. The average molecular weight is 819 g/mol. The Hall–Kier alpha value is -4.52. The predicted molar refractivity (Wildman–Crippen MR) is 202 cm³/mol. The first-order valence-corrected chi connectivity index (χ1v) is 20.8. The van der Waals surface area contributed by atoms with Gasteiger partial charge < -0.3 is 49.6 Å². The maximum absolute atomic E-state index is 13.9. The van der Waals surface area contributed by atoms with Crippen molar-refractivity contribution in [2.24, 2.45) is 5.92 Å². The van der Waals surface area contributed by atoms with Gasteiger partial charge in [0.25, 0.3) is 5.91 Å². The summed E-state index contributed by atoms with van der Waals surface area (Å²) in [4.78, 5) is 97.6. The molecular formula is C34H45BN6O13P2. The van der Waals surface area contributed by atoms with E-state index in [0.29, 0.717) is 17.7 Å². The molecular weight excluding hydrogens is 773 g/mol. The maximum Gasteiger partial charge on any atom is 0.481 e. The van der Waals surface area contributed by atoms with Crippen LogP contribution in [0.4, 0.5) is 10.5 Å². The molecule has 302 valence electrons. The predicted octanol–water partition coefficient (Wildman–Crippen LogP) is 2.23. The lowest BCUT2D eigenvalue weighted by atomic mass is 9.73. The van der Waals surface area contributed by atoms with Crippen molar-refractivity contribution in [1.29, 1.82) is 0 Å². The average Bonchev–Trinajstić information content (AvgIpc) is 3.36. The summed E-state index contributed by atoms with van der Waals surface area (Å²) in [5.41, 5.74) is 0.138. The minimum absolute atomic E-state index is 0.0621. The van der Waals surface area contributed by atoms with Crippen LogP contribution in [0.2, 0.25) is 0 Å². The van der Waals surface area contributed by atoms with Crippen molar-refractivity contribution in [3.05, 3.63) is 89.5 Å². The van der Waals surface area contributed by atoms with Crippen LogP contribution in [-0.2, 0) is 52.4 Å². The minimum atomic E-state index is -5.35. The van der Waals surface area contributed by atoms with Gasteiger partial charge in [-0.2, -0.15) is 0 Å². The van der Waals surface area contributed by atoms with E-state index >= 15 is 0 Å². The Bertz CT molecular complexity index is 1900. The van der Waals surface area contributed by atoms with Crippen molar-refractivity contribution in [2.45, 2.75) is 70.3 Å². The van der Waals surface area contributed by atoms with E-state index < -0.39 is 70.1 Å². The Morgan fingerprint density at radius 3 is 2.23 bits per heavy atom. The van der Waals surface area contributed by atoms with Gasteiger partial charge in [0.15, 0.2) is 0 Å². The molecule has 4 amide bonds. The fourth-order valence-corrected chi connectivity index (χ4v) is 7.82. The monoisotopic (exact) mass is 818 g/mol. The Kier molecular flexibility index (Phi) is 15.8. The molecule has 0 saturated carbocycles. The molecule has 2 aromatic carbocycles. The fraction of sp³-hybridized carbons (Fsp3) is 0.412. The SMILES string of the molecule is CC(C)C[C@H](NC(=O)[C@H](Cc1ccccc1)NC(=O)c1cnccn1)B1OCc2ccc(N(C)C(=O)OCCCC(=O)NC(P(=O)(O)O)P(=O)(O)O)cc2CO1. The van der Waals surface area contributed by atoms with E-state index in [1.807, 2.05) is 44.2 Å². The lowest BCUT2D eigenvalue weighted by molar-refractivity contribution is -0.123. The number of nitrogens with one attached hydrogen (secondary N) is 3. The number of anilines is 1. The van der Waals surface area contributed by atoms with Crippen LogP contribution in [0.25, 0.3) is 0 Å². The molecule has 0 radical (unpaired) electrons. The van der Waals surface area contributed by atoms with Crippen molar-refractivity contribution >= 4 is 51.8 Å². The van der Waals surface area contributed by atoms with E-state index in [4.69, 9.17) is 33.6 Å². The van der Waals surface area contributed by atoms with Gasteiger partial charge in [-0.25, -0.2) is 9.78 Å². The van der Waals surface area contributed by atoms with Gasteiger partial charge in [0, 0.05) is 38.0 Å². The molecule has 0 saturated heterocycles. The number of aromatic nitrogens is 2. The molecule has 19 nitrogen and oxygen atoms in total. The first kappa shape index (κ1) is 44.2. The van der Waals surface area contributed by atoms with Crippen LogP contribution < -0.4 is 20.9 Å². The summed E-state index contributed by atoms with van der Waals surface area (Å²) in [7, 11) is -10.1. The third kappa shape index (κ3) is 13.3. The first-order valence-electron chi connectivity index (χ1n) is 17.5. The van der Waals surface area contributed by atoms with Gasteiger partial charge in [-0.3, -0.25) is 33.4 Å². The number of hydrogen-bond donors (Lipinski definition) is 7. The number of hydrogen-bond acceptors (Lipinski definition) is 11. The molecule has 1 aliphatic heterocycles. The molecule has 1 aromatic heterocycles. The maximum atomic E-state index is 13.9. The highest BCUT2D eigenvalue weighted by Gasteiger charge is 2.44. The van der Waals surface area contributed by atoms with E-state index in [1.54, 1.807) is 23.5 Å². The zero-order chi connectivity index (χ0) is 41.0. The zero-order valence-electron chi connectivity index (χ0n) is 30.9. The van der Waals surface area contributed by atoms with Crippen molar-refractivity contribution in [1.82, 2.24) is 25.9 Å². The molecule has 1 aliphatic rings. The number of nitrogens with zero attached hydrogens (tertiary/aromatic N) is 3. The summed E-state index contributed by atoms with van der Waals surface area (Å²) in [5.74, 6) is -2.54. The lowest BCUT2D eigenvalue weighted by Crippen LogP contribution is -2.56. The highest BCUT2D eigenvalue weighted by molar-refractivity contribution is 7.70. The first-order chi connectivity index (χ1) is 26.4. The fourth-order valence-electron chi connectivity index (χ4n) is 5.63. The van der Waals surface area contributed by atoms with Crippen LogP contribution in [0.3, 0.4) is 0 Å². The molecule has 0 aliphatic carbocycles. The van der Waals surface area contributed by atoms with Crippen LogP contribution in [0.1, 0.15) is 60.3 Å². The van der Waals surface area contributed by atoms with Gasteiger partial charge in [0.2, 0.25) is 17.3 Å². The number of carbonyl (C=O) groups is 4. The number of ether oxygens (including phenoxy) is 1. The molecule has 0 spiro atoms. The summed E-state index contributed by atoms with van der Waals surface area (Å²) in [6, 6.07) is 13.4. The smallest absolute Gasteiger partial charge is 0.449 e. The Morgan fingerprint density at radius 2 is 1.61 bits per heavy atom. The molecule has 4 rings (SSSR count). The summed E-state index contributed by atoms with van der Waals surface area (Å²) in [5, 5.41) is 7.47. The molecule has 0 bridgehead atoms. The molecule has 7 N–H and O–H groups in total. The van der Waals surface area contributed by atoms with Gasteiger partial charge in [0.05, 0.1) is 32.0 Å². The standard InChI is InChI=1S/C34H45BN6O13P2/c1-22(2)16-29(39-31(43)27(17-23-8-5-4-6-9-23)38-32(44)28-19-36-13-14-37-28)35-53-20-24-11-12-26(18-25(24)21-54-35)41(3)34(45)52-15-7-10-30(42)40-33(55(46,47)48)56(49,50)51/h4-6,8-9,11-14,18-19,22,27,29,33H,7,10,15-17,20-21H2,1-3H3,(H,38,44)(H,39,43)(H,40,42)(H2,46,47,48)(H2,49,50,51)/t27-,29-/m0/s1. The molecule has 56 heavy (non-hydrogen) atoms. The van der Waals surface area contributed by atoms with Crippen LogP contribution in [0.5, 0.6) is 0 Å². The summed E-state index contributed by atoms with van der Waals surface area (Å²) < 4.78 is 40.3. The number of carbonyl (C=O) groups excluding carboxylic acids is 4. The highest BCUT2D eigenvalue weighted by Crippen LogP contribution is 2.58. The van der Waals surface area contributed by atoms with E-state index in [2.05, 4.69) is 20.6 Å². The van der Waals surface area contributed by atoms with Gasteiger partial charge in [-0.05, 0) is 47.6 Å². The van der Waals surface area contributed by atoms with E-state index in [9.17, 15) is 28.3 Å². The Labute approximate surface area is 323 Å². The van der Waals surface area contributed by atoms with E-state index in [1.165, 1.54) is 30.5 Å². The number of benzene rings is 2. The number of amides is 4. The molecule has 22 heteroatoms. The normalized spacial score (nSPS) is 14.3. The second-order valence-electron chi connectivity index (χ2n) is 13.4. The molecule has 3 aromatic rings. The van der Waals surface area contributed by atoms with Gasteiger partial charge in [0.1, 0.15) is 11.7 Å². The van der Waals surface area contributed by atoms with Gasteiger partial charge >= 0.3 is 28.4 Å². The van der Waals surface area contributed by atoms with Crippen LogP contribution in [-0.4, -0.2) is 91.6 Å².